The van der Waals surface area contributed by atoms with Crippen molar-refractivity contribution in [2.24, 2.45) is 0 Å². The highest BCUT2D eigenvalue weighted by Gasteiger charge is 2.32. The number of Topliss-reactive ketones (excluding diaryl/α,β-unsaturated/α-hetero) is 1. The van der Waals surface area contributed by atoms with E-state index in [0.717, 1.165) is 0 Å². The molecule has 0 aromatic heterocycles. The molecule has 1 aliphatic rings. The van der Waals surface area contributed by atoms with E-state index in [2.05, 4.69) is 5.32 Å². The zero-order chi connectivity index (χ0) is 20.4. The third-order valence-electron chi connectivity index (χ3n) is 4.59. The largest absolute Gasteiger partial charge is 0.487 e. The van der Waals surface area contributed by atoms with E-state index in [1.807, 2.05) is 44.2 Å². The fraction of sp³-hybridized carbons (Fsp3) is 0.167. The third kappa shape index (κ3) is 4.29. The molecule has 3 aromatic rings. The van der Waals surface area contributed by atoms with E-state index < -0.39 is 5.60 Å². The summed E-state index contributed by atoms with van der Waals surface area (Å²) in [7, 11) is 0. The first-order valence-electron chi connectivity index (χ1n) is 9.40. The van der Waals surface area contributed by atoms with Crippen molar-refractivity contribution in [3.63, 3.8) is 0 Å². The van der Waals surface area contributed by atoms with Crippen molar-refractivity contribution in [1.82, 2.24) is 0 Å². The van der Waals surface area contributed by atoms with Crippen LogP contribution in [0.4, 0.5) is 5.69 Å². The summed E-state index contributed by atoms with van der Waals surface area (Å²) >= 11 is 0. The summed E-state index contributed by atoms with van der Waals surface area (Å²) in [4.78, 5) is 25.1. The van der Waals surface area contributed by atoms with Crippen LogP contribution in [-0.2, 0) is 0 Å². The first-order chi connectivity index (χ1) is 13.9. The summed E-state index contributed by atoms with van der Waals surface area (Å²) in [6, 6.07) is 21.4. The standard InChI is InChI=1S/C24H21NO4/c1-24(2)15-21(26)20-14-17(11-12-22(20)29-24)25-23(27)16-7-6-10-19(13-16)28-18-8-4-3-5-9-18/h3-14H,15H2,1-2H3,(H,25,27). The Labute approximate surface area is 169 Å². The SMILES string of the molecule is CC1(C)CC(=O)c2cc(NC(=O)c3cccc(Oc4ccccc4)c3)ccc2O1. The Balaban J connectivity index is 1.51. The van der Waals surface area contributed by atoms with Gasteiger partial charge in [0, 0.05) is 11.3 Å². The van der Waals surface area contributed by atoms with Crippen LogP contribution < -0.4 is 14.8 Å². The summed E-state index contributed by atoms with van der Waals surface area (Å²) in [6.07, 6.45) is 0.302. The van der Waals surface area contributed by atoms with Gasteiger partial charge in [-0.2, -0.15) is 0 Å². The molecule has 29 heavy (non-hydrogen) atoms. The Hall–Kier alpha value is -3.60. The van der Waals surface area contributed by atoms with E-state index in [-0.39, 0.29) is 11.7 Å². The molecule has 5 heteroatoms. The van der Waals surface area contributed by atoms with Gasteiger partial charge in [0.25, 0.3) is 5.91 Å². The van der Waals surface area contributed by atoms with Gasteiger partial charge >= 0.3 is 0 Å². The topological polar surface area (TPSA) is 64.6 Å². The summed E-state index contributed by atoms with van der Waals surface area (Å²) in [5.41, 5.74) is 0.969. The van der Waals surface area contributed by atoms with Gasteiger partial charge in [-0.25, -0.2) is 0 Å². The molecular weight excluding hydrogens is 366 g/mol. The minimum atomic E-state index is -0.520. The smallest absolute Gasteiger partial charge is 0.255 e. The average Bonchev–Trinajstić information content (AvgIpc) is 2.69. The van der Waals surface area contributed by atoms with E-state index in [0.29, 0.717) is 40.5 Å². The number of ketones is 1. The second-order valence-electron chi connectivity index (χ2n) is 7.57. The Morgan fingerprint density at radius 1 is 0.966 bits per heavy atom. The van der Waals surface area contributed by atoms with Crippen LogP contribution in [0, 0.1) is 0 Å². The number of fused-ring (bicyclic) bond motifs is 1. The first kappa shape index (κ1) is 18.7. The summed E-state index contributed by atoms with van der Waals surface area (Å²) in [5, 5.41) is 2.84. The molecule has 0 saturated carbocycles. The minimum absolute atomic E-state index is 0.00519. The molecule has 1 amide bonds. The Morgan fingerprint density at radius 3 is 2.52 bits per heavy atom. The molecule has 3 aromatic carbocycles. The summed E-state index contributed by atoms with van der Waals surface area (Å²) in [6.45, 7) is 3.77. The molecule has 146 valence electrons. The second-order valence-corrected chi connectivity index (χ2v) is 7.57. The average molecular weight is 387 g/mol. The van der Waals surface area contributed by atoms with Gasteiger partial charge in [-0.05, 0) is 62.4 Å². The highest BCUT2D eigenvalue weighted by atomic mass is 16.5. The number of para-hydroxylation sites is 1. The number of hydrogen-bond acceptors (Lipinski definition) is 4. The van der Waals surface area contributed by atoms with E-state index in [1.165, 1.54) is 0 Å². The molecule has 0 fully saturated rings. The molecule has 0 bridgehead atoms. The molecule has 5 nitrogen and oxygen atoms in total. The number of anilines is 1. The molecule has 0 radical (unpaired) electrons. The molecule has 4 rings (SSSR count). The van der Waals surface area contributed by atoms with Crippen molar-refractivity contribution < 1.29 is 19.1 Å². The van der Waals surface area contributed by atoms with Gasteiger partial charge < -0.3 is 14.8 Å². The normalized spacial score (nSPS) is 14.5. The van der Waals surface area contributed by atoms with Crippen molar-refractivity contribution in [2.45, 2.75) is 25.9 Å². The van der Waals surface area contributed by atoms with Gasteiger partial charge in [-0.15, -0.1) is 0 Å². The van der Waals surface area contributed by atoms with Gasteiger partial charge in [0.05, 0.1) is 12.0 Å². The Kier molecular flexibility index (Phi) is 4.80. The molecule has 0 unspecified atom stereocenters. The van der Waals surface area contributed by atoms with Crippen molar-refractivity contribution in [3.8, 4) is 17.2 Å². The molecule has 0 atom stereocenters. The van der Waals surface area contributed by atoms with E-state index in [4.69, 9.17) is 9.47 Å². The van der Waals surface area contributed by atoms with Gasteiger partial charge in [0.1, 0.15) is 22.8 Å². The maximum Gasteiger partial charge on any atom is 0.255 e. The van der Waals surface area contributed by atoms with Gasteiger partial charge in [-0.3, -0.25) is 9.59 Å². The minimum Gasteiger partial charge on any atom is -0.487 e. The molecule has 1 N–H and O–H groups in total. The summed E-state index contributed by atoms with van der Waals surface area (Å²) in [5.74, 6) is 1.53. The number of rotatable bonds is 4. The van der Waals surface area contributed by atoms with E-state index >= 15 is 0 Å². The lowest BCUT2D eigenvalue weighted by Gasteiger charge is -2.31. The second kappa shape index (κ2) is 7.43. The maximum atomic E-state index is 12.7. The van der Waals surface area contributed by atoms with E-state index in [1.54, 1.807) is 42.5 Å². The lowest BCUT2D eigenvalue weighted by atomic mass is 9.93. The number of carbonyl (C=O) groups excluding carboxylic acids is 2. The van der Waals surface area contributed by atoms with Crippen LogP contribution in [0.3, 0.4) is 0 Å². The van der Waals surface area contributed by atoms with Crippen LogP contribution in [0.15, 0.2) is 72.8 Å². The van der Waals surface area contributed by atoms with Gasteiger partial charge in [0.2, 0.25) is 0 Å². The number of carbonyl (C=O) groups is 2. The Bertz CT molecular complexity index is 1070. The summed E-state index contributed by atoms with van der Waals surface area (Å²) < 4.78 is 11.6. The number of hydrogen-bond donors (Lipinski definition) is 1. The molecule has 1 heterocycles. The fourth-order valence-corrected chi connectivity index (χ4v) is 3.26. The van der Waals surface area contributed by atoms with Crippen molar-refractivity contribution in [1.29, 1.82) is 0 Å². The van der Waals surface area contributed by atoms with Crippen LogP contribution in [0.5, 0.6) is 17.2 Å². The van der Waals surface area contributed by atoms with E-state index in [9.17, 15) is 9.59 Å². The van der Waals surface area contributed by atoms with Gasteiger partial charge in [0.15, 0.2) is 5.78 Å². The van der Waals surface area contributed by atoms with Crippen molar-refractivity contribution >= 4 is 17.4 Å². The van der Waals surface area contributed by atoms with Crippen LogP contribution in [0.1, 0.15) is 41.0 Å². The zero-order valence-corrected chi connectivity index (χ0v) is 16.3. The van der Waals surface area contributed by atoms with Crippen molar-refractivity contribution in [3.05, 3.63) is 83.9 Å². The monoisotopic (exact) mass is 387 g/mol. The predicted octanol–water partition coefficient (Wildman–Crippen LogP) is 5.48. The van der Waals surface area contributed by atoms with Crippen LogP contribution in [0.25, 0.3) is 0 Å². The predicted molar refractivity (Wildman–Crippen MR) is 111 cm³/mol. The third-order valence-corrected chi connectivity index (χ3v) is 4.59. The lowest BCUT2D eigenvalue weighted by Crippen LogP contribution is -2.35. The van der Waals surface area contributed by atoms with Crippen LogP contribution in [0.2, 0.25) is 0 Å². The molecule has 0 saturated heterocycles. The Morgan fingerprint density at radius 2 is 1.72 bits per heavy atom. The fourth-order valence-electron chi connectivity index (χ4n) is 3.26. The quantitative estimate of drug-likeness (QED) is 0.644. The van der Waals surface area contributed by atoms with Gasteiger partial charge in [-0.1, -0.05) is 24.3 Å². The highest BCUT2D eigenvalue weighted by molar-refractivity contribution is 6.06. The first-order valence-corrected chi connectivity index (χ1v) is 9.40. The molecular formula is C24H21NO4. The zero-order valence-electron chi connectivity index (χ0n) is 16.3. The van der Waals surface area contributed by atoms with Crippen molar-refractivity contribution in [2.75, 3.05) is 5.32 Å². The van der Waals surface area contributed by atoms with Crippen LogP contribution in [-0.4, -0.2) is 17.3 Å². The maximum absolute atomic E-state index is 12.7. The molecule has 1 aliphatic heterocycles. The number of nitrogens with one attached hydrogen (secondary N) is 1. The number of ether oxygens (including phenoxy) is 2. The number of amides is 1. The van der Waals surface area contributed by atoms with Crippen LogP contribution >= 0.6 is 0 Å². The molecule has 0 aliphatic carbocycles. The molecule has 0 spiro atoms. The lowest BCUT2D eigenvalue weighted by molar-refractivity contribution is 0.0620. The number of benzene rings is 3. The highest BCUT2D eigenvalue weighted by Crippen LogP contribution is 2.34.